The number of nitrogens with zero attached hydrogens (tertiary/aromatic N) is 3. The van der Waals surface area contributed by atoms with E-state index in [2.05, 4.69) is 46.1 Å². The van der Waals surface area contributed by atoms with E-state index in [9.17, 15) is 25.2 Å². The molecule has 2 heterocycles. The Morgan fingerprint density at radius 1 is 0.742 bits per heavy atom. The third-order valence-corrected chi connectivity index (χ3v) is 2.95. The molecule has 3 nitrogen and oxygen atoms in total. The first-order valence-corrected chi connectivity index (χ1v) is 10.1. The minimum absolute atomic E-state index is 0. The Bertz CT molecular complexity index is 856. The summed E-state index contributed by atoms with van der Waals surface area (Å²) in [6, 6.07) is 19.9. The number of aromatic nitrogens is 2. The van der Waals surface area contributed by atoms with Crippen LogP contribution in [0.3, 0.4) is 0 Å². The van der Waals surface area contributed by atoms with E-state index in [0.717, 1.165) is 17.0 Å². The van der Waals surface area contributed by atoms with Crippen LogP contribution in [0.4, 0.5) is 25.2 Å². The van der Waals surface area contributed by atoms with Gasteiger partial charge in [-0.15, -0.1) is 0 Å². The Labute approximate surface area is 187 Å². The van der Waals surface area contributed by atoms with Crippen LogP contribution in [0.1, 0.15) is 11.1 Å². The quantitative estimate of drug-likeness (QED) is 0.116. The van der Waals surface area contributed by atoms with E-state index in [1.807, 2.05) is 42.6 Å². The summed E-state index contributed by atoms with van der Waals surface area (Å²) in [5, 5.41) is 0. The summed E-state index contributed by atoms with van der Waals surface area (Å²) in [5.41, 5.74) is 4.28. The third kappa shape index (κ3) is 19.4. The monoisotopic (exact) mass is 507 g/mol. The fourth-order valence-corrected chi connectivity index (χ4v) is 1.83. The third-order valence-electron chi connectivity index (χ3n) is 2.95. The van der Waals surface area contributed by atoms with Crippen molar-refractivity contribution in [1.29, 1.82) is 0 Å². The van der Waals surface area contributed by atoms with Crippen LogP contribution in [0.15, 0.2) is 78.0 Å². The standard InChI is InChI=1S/C10H8N2.C9H11N.CH3.F6P.Ni/c1-3-7-11-9(5-1)10-6-2-4-8-12-10;1-8-3-5-9(6-4-8)7-10-2;;1-7(2,3,4,5)6;/h1-8H;3-7H,1-2H3;1H3;;/q;;2*-1;. The minimum Gasteiger partial charge on any atom is -0.358 e. The maximum Gasteiger partial charge on any atom is 0.0886 e. The van der Waals surface area contributed by atoms with Gasteiger partial charge in [0.15, 0.2) is 0 Å². The molecule has 0 saturated carbocycles. The van der Waals surface area contributed by atoms with E-state index in [1.54, 1.807) is 19.4 Å². The van der Waals surface area contributed by atoms with Crippen molar-refractivity contribution in [2.45, 2.75) is 6.92 Å². The molecule has 11 heteroatoms. The Morgan fingerprint density at radius 2 is 1.13 bits per heavy atom. The number of hydrogen-bond acceptors (Lipinski definition) is 3. The zero-order valence-electron chi connectivity index (χ0n) is 16.9. The van der Waals surface area contributed by atoms with Gasteiger partial charge in [0, 0.05) is 42.1 Å². The number of pyridine rings is 2. The van der Waals surface area contributed by atoms with Crippen molar-refractivity contribution in [3.05, 3.63) is 91.6 Å². The normalized spacial score (nSPS) is 12.4. The molecule has 0 N–H and O–H groups in total. The van der Waals surface area contributed by atoms with Crippen molar-refractivity contribution < 1.29 is 41.7 Å². The van der Waals surface area contributed by atoms with E-state index in [0.29, 0.717) is 0 Å². The van der Waals surface area contributed by atoms with Crippen LogP contribution in [0.5, 0.6) is 0 Å². The predicted octanol–water partition coefficient (Wildman–Crippen LogP) is 8.02. The zero-order valence-corrected chi connectivity index (χ0v) is 18.8. The summed E-state index contributed by atoms with van der Waals surface area (Å²) >= 11 is 0. The van der Waals surface area contributed by atoms with Crippen molar-refractivity contribution in [1.82, 2.24) is 9.97 Å². The topological polar surface area (TPSA) is 38.1 Å². The van der Waals surface area contributed by atoms with Crippen molar-refractivity contribution in [2.24, 2.45) is 4.99 Å². The summed E-state index contributed by atoms with van der Waals surface area (Å²) in [4.78, 5) is 12.3. The summed E-state index contributed by atoms with van der Waals surface area (Å²) in [5.74, 6) is 0. The summed E-state index contributed by atoms with van der Waals surface area (Å²) in [6.45, 7) is 2.08. The SMILES string of the molecule is CN=Cc1ccc(C)cc1.F[P-](F)(F)(F)(F)F.[CH3-].[Ni].c1ccc(-c2ccccn2)nc1. The minimum atomic E-state index is -10.7. The van der Waals surface area contributed by atoms with Gasteiger partial charge in [-0.1, -0.05) is 42.0 Å². The maximum absolute atomic E-state index is 10.7. The van der Waals surface area contributed by atoms with Gasteiger partial charge in [-0.25, -0.2) is 0 Å². The Balaban J connectivity index is 0. The number of aliphatic imine (C=N–C) groups is 1. The van der Waals surface area contributed by atoms with Gasteiger partial charge in [0.2, 0.25) is 0 Å². The molecule has 0 aliphatic heterocycles. The molecule has 0 atom stereocenters. The molecule has 1 aromatic carbocycles. The molecule has 31 heavy (non-hydrogen) atoms. The molecule has 3 rings (SSSR count). The van der Waals surface area contributed by atoms with Gasteiger partial charge in [0.05, 0.1) is 11.4 Å². The van der Waals surface area contributed by atoms with Crippen LogP contribution in [-0.2, 0) is 16.5 Å². The number of rotatable bonds is 2. The van der Waals surface area contributed by atoms with Crippen LogP contribution in [0, 0.1) is 14.4 Å². The fourth-order valence-electron chi connectivity index (χ4n) is 1.83. The van der Waals surface area contributed by atoms with Crippen LogP contribution in [0.25, 0.3) is 11.4 Å². The van der Waals surface area contributed by atoms with Gasteiger partial charge in [-0.3, -0.25) is 15.0 Å². The van der Waals surface area contributed by atoms with E-state index < -0.39 is 7.81 Å². The molecule has 2 aromatic heterocycles. The van der Waals surface area contributed by atoms with E-state index in [1.165, 1.54) is 5.56 Å². The van der Waals surface area contributed by atoms with Crippen molar-refractivity contribution in [3.63, 3.8) is 0 Å². The Hall–Kier alpha value is -2.31. The zero-order chi connectivity index (χ0) is 22.0. The molecule has 0 radical (unpaired) electrons. The molecule has 0 aliphatic carbocycles. The fraction of sp³-hybridized carbons (Fsp3) is 0.100. The van der Waals surface area contributed by atoms with Crippen molar-refractivity contribution >= 4 is 14.0 Å². The molecular formula is C20H22F6N3NiP-2. The van der Waals surface area contributed by atoms with Gasteiger partial charge < -0.3 is 7.43 Å². The molecular weight excluding hydrogens is 486 g/mol. The van der Waals surface area contributed by atoms with Gasteiger partial charge in [0.1, 0.15) is 0 Å². The molecule has 0 amide bonds. The number of aryl methyl sites for hydroxylation is 1. The van der Waals surface area contributed by atoms with Crippen LogP contribution < -0.4 is 0 Å². The first-order valence-electron chi connectivity index (χ1n) is 8.12. The predicted molar refractivity (Wildman–Crippen MR) is 112 cm³/mol. The molecule has 0 fully saturated rings. The van der Waals surface area contributed by atoms with E-state index in [-0.39, 0.29) is 23.9 Å². The molecule has 0 bridgehead atoms. The van der Waals surface area contributed by atoms with Crippen LogP contribution in [-0.4, -0.2) is 23.2 Å². The molecule has 0 saturated heterocycles. The Kier molecular flexibility index (Phi) is 11.9. The van der Waals surface area contributed by atoms with Gasteiger partial charge >= 0.3 is 33.0 Å². The summed E-state index contributed by atoms with van der Waals surface area (Å²) in [6.07, 6.45) is 5.38. The molecule has 0 aliphatic rings. The summed E-state index contributed by atoms with van der Waals surface area (Å²) in [7, 11) is -8.88. The average Bonchev–Trinajstić information content (AvgIpc) is 2.63. The first kappa shape index (κ1) is 30.9. The van der Waals surface area contributed by atoms with Gasteiger partial charge in [-0.2, -0.15) is 0 Å². The second-order valence-corrected chi connectivity index (χ2v) is 7.60. The van der Waals surface area contributed by atoms with Crippen LogP contribution >= 0.6 is 7.81 Å². The van der Waals surface area contributed by atoms with E-state index in [4.69, 9.17) is 0 Å². The van der Waals surface area contributed by atoms with Crippen LogP contribution in [0.2, 0.25) is 0 Å². The second kappa shape index (κ2) is 11.9. The average molecular weight is 508 g/mol. The molecule has 0 spiro atoms. The first-order chi connectivity index (χ1) is 13.2. The van der Waals surface area contributed by atoms with Crippen molar-refractivity contribution in [2.75, 3.05) is 7.05 Å². The molecule has 0 unspecified atom stereocenters. The number of hydrogen-bond donors (Lipinski definition) is 0. The van der Waals surface area contributed by atoms with Gasteiger partial charge in [0.25, 0.3) is 0 Å². The summed E-state index contributed by atoms with van der Waals surface area (Å²) < 4.78 is 59.2. The van der Waals surface area contributed by atoms with E-state index >= 15 is 0 Å². The number of halogens is 6. The van der Waals surface area contributed by atoms with Crippen molar-refractivity contribution in [3.8, 4) is 11.4 Å². The molecule has 176 valence electrons. The second-order valence-electron chi connectivity index (χ2n) is 5.69. The Morgan fingerprint density at radius 3 is 1.42 bits per heavy atom. The molecule has 3 aromatic rings. The smallest absolute Gasteiger partial charge is 0.0886 e. The number of benzene rings is 1. The largest absolute Gasteiger partial charge is 0.358 e. The van der Waals surface area contributed by atoms with Gasteiger partial charge in [-0.05, 0) is 36.8 Å². The maximum atomic E-state index is 9.87.